The Kier molecular flexibility index (Phi) is 3.10. The third kappa shape index (κ3) is 2.54. The molecule has 1 unspecified atom stereocenters. The molecule has 0 amide bonds. The van der Waals surface area contributed by atoms with Crippen molar-refractivity contribution in [2.24, 2.45) is 0 Å². The first-order valence-electron chi connectivity index (χ1n) is 6.28. The highest BCUT2D eigenvalue weighted by Gasteiger charge is 2.08. The predicted molar refractivity (Wildman–Crippen MR) is 74.0 cm³/mol. The topological polar surface area (TPSA) is 55.1 Å². The Balaban J connectivity index is 1.76. The Bertz CT molecular complexity index is 662. The van der Waals surface area contributed by atoms with Crippen LogP contribution in [-0.2, 0) is 6.42 Å². The smallest absolute Gasteiger partial charge is 0.203 e. The number of hydrogen-bond donors (Lipinski definition) is 1. The van der Waals surface area contributed by atoms with Crippen LogP contribution in [0, 0.1) is 0 Å². The molecule has 0 radical (unpaired) electrons. The quantitative estimate of drug-likeness (QED) is 0.774. The van der Waals surface area contributed by atoms with E-state index in [1.807, 2.05) is 16.7 Å². The number of aromatic nitrogens is 4. The van der Waals surface area contributed by atoms with Crippen molar-refractivity contribution in [3.05, 3.63) is 54.6 Å². The van der Waals surface area contributed by atoms with Gasteiger partial charge in [-0.25, -0.2) is 4.98 Å². The van der Waals surface area contributed by atoms with Crippen molar-refractivity contribution in [2.45, 2.75) is 19.4 Å². The SMILES string of the molecule is CC(Cc1ccccc1)Nc1nccn2cnnc12. The molecule has 0 saturated heterocycles. The highest BCUT2D eigenvalue weighted by Crippen LogP contribution is 2.13. The summed E-state index contributed by atoms with van der Waals surface area (Å²) in [5.74, 6) is 0.767. The van der Waals surface area contributed by atoms with Gasteiger partial charge in [0.2, 0.25) is 5.65 Å². The third-order valence-electron chi connectivity index (χ3n) is 2.98. The Morgan fingerprint density at radius 3 is 2.95 bits per heavy atom. The lowest BCUT2D eigenvalue weighted by Gasteiger charge is -2.14. The van der Waals surface area contributed by atoms with Crippen molar-refractivity contribution < 1.29 is 0 Å². The van der Waals surface area contributed by atoms with Gasteiger partial charge in [-0.3, -0.25) is 4.40 Å². The lowest BCUT2D eigenvalue weighted by molar-refractivity contribution is 0.784. The summed E-state index contributed by atoms with van der Waals surface area (Å²) in [4.78, 5) is 4.33. The van der Waals surface area contributed by atoms with Gasteiger partial charge in [0.1, 0.15) is 6.33 Å². The number of nitrogens with one attached hydrogen (secondary N) is 1. The van der Waals surface area contributed by atoms with Gasteiger partial charge in [-0.05, 0) is 18.9 Å². The number of rotatable bonds is 4. The number of hydrogen-bond acceptors (Lipinski definition) is 4. The second-order valence-electron chi connectivity index (χ2n) is 4.57. The fraction of sp³-hybridized carbons (Fsp3) is 0.214. The van der Waals surface area contributed by atoms with Gasteiger partial charge in [0, 0.05) is 18.4 Å². The first kappa shape index (κ1) is 11.6. The lowest BCUT2D eigenvalue weighted by Crippen LogP contribution is -2.19. The van der Waals surface area contributed by atoms with E-state index >= 15 is 0 Å². The lowest BCUT2D eigenvalue weighted by atomic mass is 10.1. The van der Waals surface area contributed by atoms with Gasteiger partial charge in [0.15, 0.2) is 5.82 Å². The average molecular weight is 253 g/mol. The molecule has 5 heteroatoms. The van der Waals surface area contributed by atoms with Crippen molar-refractivity contribution >= 4 is 11.5 Å². The largest absolute Gasteiger partial charge is 0.364 e. The highest BCUT2D eigenvalue weighted by atomic mass is 15.2. The summed E-state index contributed by atoms with van der Waals surface area (Å²) in [5.41, 5.74) is 2.05. The van der Waals surface area contributed by atoms with Gasteiger partial charge < -0.3 is 5.32 Å². The third-order valence-corrected chi connectivity index (χ3v) is 2.98. The molecule has 0 aliphatic rings. The Morgan fingerprint density at radius 2 is 2.11 bits per heavy atom. The maximum absolute atomic E-state index is 4.33. The number of anilines is 1. The molecule has 0 bridgehead atoms. The van der Waals surface area contributed by atoms with Crippen LogP contribution >= 0.6 is 0 Å². The van der Waals surface area contributed by atoms with Crippen LogP contribution in [0.3, 0.4) is 0 Å². The molecule has 19 heavy (non-hydrogen) atoms. The molecule has 0 aliphatic carbocycles. The minimum absolute atomic E-state index is 0.276. The number of fused-ring (bicyclic) bond motifs is 1. The van der Waals surface area contributed by atoms with Crippen molar-refractivity contribution in [3.8, 4) is 0 Å². The van der Waals surface area contributed by atoms with Crippen molar-refractivity contribution in [2.75, 3.05) is 5.32 Å². The fourth-order valence-electron chi connectivity index (χ4n) is 2.11. The molecule has 5 nitrogen and oxygen atoms in total. The summed E-state index contributed by atoms with van der Waals surface area (Å²) >= 11 is 0. The van der Waals surface area contributed by atoms with E-state index < -0.39 is 0 Å². The molecule has 96 valence electrons. The first-order chi connectivity index (χ1) is 9.33. The van der Waals surface area contributed by atoms with Crippen LogP contribution in [-0.4, -0.2) is 25.6 Å². The van der Waals surface area contributed by atoms with E-state index in [-0.39, 0.29) is 6.04 Å². The minimum Gasteiger partial charge on any atom is -0.364 e. The van der Waals surface area contributed by atoms with E-state index in [0.29, 0.717) is 0 Å². The maximum atomic E-state index is 4.33. The number of nitrogens with zero attached hydrogens (tertiary/aromatic N) is 4. The fourth-order valence-corrected chi connectivity index (χ4v) is 2.11. The van der Waals surface area contributed by atoms with Crippen LogP contribution in [0.15, 0.2) is 49.1 Å². The molecule has 2 aromatic heterocycles. The van der Waals surface area contributed by atoms with Crippen LogP contribution < -0.4 is 5.32 Å². The van der Waals surface area contributed by atoms with Crippen LogP contribution in [0.2, 0.25) is 0 Å². The summed E-state index contributed by atoms with van der Waals surface area (Å²) in [6, 6.07) is 10.7. The molecule has 1 N–H and O–H groups in total. The van der Waals surface area contributed by atoms with Gasteiger partial charge in [-0.2, -0.15) is 0 Å². The van der Waals surface area contributed by atoms with Crippen molar-refractivity contribution in [3.63, 3.8) is 0 Å². The summed E-state index contributed by atoms with van der Waals surface area (Å²) in [7, 11) is 0. The molecular formula is C14H15N5. The summed E-state index contributed by atoms with van der Waals surface area (Å²) in [5, 5.41) is 11.3. The molecule has 0 fully saturated rings. The van der Waals surface area contributed by atoms with E-state index in [0.717, 1.165) is 17.9 Å². The Labute approximate surface area is 111 Å². The monoisotopic (exact) mass is 253 g/mol. The normalized spacial score (nSPS) is 12.5. The zero-order chi connectivity index (χ0) is 13.1. The second-order valence-corrected chi connectivity index (χ2v) is 4.57. The molecule has 0 spiro atoms. The summed E-state index contributed by atoms with van der Waals surface area (Å²) in [6.07, 6.45) is 6.19. The van der Waals surface area contributed by atoms with Gasteiger partial charge in [0.25, 0.3) is 0 Å². The van der Waals surface area contributed by atoms with Gasteiger partial charge in [0.05, 0.1) is 0 Å². The van der Waals surface area contributed by atoms with Crippen LogP contribution in [0.25, 0.3) is 5.65 Å². The minimum atomic E-state index is 0.276. The Hall–Kier alpha value is -2.43. The number of benzene rings is 1. The molecular weight excluding hydrogens is 238 g/mol. The molecule has 3 aromatic rings. The zero-order valence-corrected chi connectivity index (χ0v) is 10.7. The molecule has 0 aliphatic heterocycles. The van der Waals surface area contributed by atoms with Crippen LogP contribution in [0.5, 0.6) is 0 Å². The van der Waals surface area contributed by atoms with Gasteiger partial charge >= 0.3 is 0 Å². The van der Waals surface area contributed by atoms with Crippen molar-refractivity contribution in [1.82, 2.24) is 19.6 Å². The first-order valence-corrected chi connectivity index (χ1v) is 6.28. The van der Waals surface area contributed by atoms with Crippen LogP contribution in [0.4, 0.5) is 5.82 Å². The molecule has 0 saturated carbocycles. The second kappa shape index (κ2) is 5.06. The molecule has 1 aromatic carbocycles. The van der Waals surface area contributed by atoms with Gasteiger partial charge in [-0.1, -0.05) is 30.3 Å². The zero-order valence-electron chi connectivity index (χ0n) is 10.7. The van der Waals surface area contributed by atoms with Crippen LogP contribution in [0.1, 0.15) is 12.5 Å². The standard InChI is InChI=1S/C14H15N5/c1-11(9-12-5-3-2-4-6-12)17-13-14-18-16-10-19(14)8-7-15-13/h2-8,10-11H,9H2,1H3,(H,15,17). The van der Waals surface area contributed by atoms with Crippen molar-refractivity contribution in [1.29, 1.82) is 0 Å². The van der Waals surface area contributed by atoms with E-state index in [1.54, 1.807) is 12.5 Å². The van der Waals surface area contributed by atoms with E-state index in [2.05, 4.69) is 51.7 Å². The summed E-state index contributed by atoms with van der Waals surface area (Å²) in [6.45, 7) is 2.13. The van der Waals surface area contributed by atoms with E-state index in [4.69, 9.17) is 0 Å². The van der Waals surface area contributed by atoms with E-state index in [1.165, 1.54) is 5.56 Å². The van der Waals surface area contributed by atoms with E-state index in [9.17, 15) is 0 Å². The molecule has 2 heterocycles. The predicted octanol–water partition coefficient (Wildman–Crippen LogP) is 2.17. The highest BCUT2D eigenvalue weighted by molar-refractivity contribution is 5.61. The van der Waals surface area contributed by atoms with Gasteiger partial charge in [-0.15, -0.1) is 10.2 Å². The molecule has 3 rings (SSSR count). The Morgan fingerprint density at radius 1 is 1.26 bits per heavy atom. The summed E-state index contributed by atoms with van der Waals surface area (Å²) < 4.78 is 1.85. The maximum Gasteiger partial charge on any atom is 0.203 e. The average Bonchev–Trinajstić information content (AvgIpc) is 2.89. The molecule has 1 atom stereocenters.